The van der Waals surface area contributed by atoms with E-state index in [0.717, 1.165) is 12.5 Å². The van der Waals surface area contributed by atoms with Gasteiger partial charge in [0.2, 0.25) is 5.82 Å². The average Bonchev–Trinajstić information content (AvgIpc) is 3.06. The summed E-state index contributed by atoms with van der Waals surface area (Å²) in [5, 5.41) is 13.4. The van der Waals surface area contributed by atoms with E-state index in [1.165, 1.54) is 0 Å². The molecule has 0 atom stereocenters. The number of hydrogen-bond acceptors (Lipinski definition) is 4. The van der Waals surface area contributed by atoms with Gasteiger partial charge in [-0.1, -0.05) is 0 Å². The fraction of sp³-hybridized carbons (Fsp3) is 0.462. The molecular formula is C13H20N6O. The molecule has 0 saturated carbocycles. The molecule has 2 aromatic heterocycles. The molecule has 0 aromatic carbocycles. The first-order valence-electron chi connectivity index (χ1n) is 6.69. The highest BCUT2D eigenvalue weighted by atomic mass is 16.3. The van der Waals surface area contributed by atoms with Crippen LogP contribution >= 0.6 is 0 Å². The third-order valence-corrected chi connectivity index (χ3v) is 2.43. The monoisotopic (exact) mass is 276 g/mol. The standard InChI is InChI=1S/C13H20N6O/c1-4-14-13(16-9(2)3)15-8-11-17-12(19-18-11)10-6-5-7-20-10/h5-7,9H,4,8H2,1-3H3,(H2,14,15,16)(H,17,18,19). The van der Waals surface area contributed by atoms with E-state index in [9.17, 15) is 0 Å². The van der Waals surface area contributed by atoms with E-state index in [2.05, 4.69) is 44.7 Å². The number of aliphatic imine (C=N–C) groups is 1. The van der Waals surface area contributed by atoms with E-state index in [4.69, 9.17) is 4.42 Å². The summed E-state index contributed by atoms with van der Waals surface area (Å²) in [5.41, 5.74) is 0. The Labute approximate surface area is 117 Å². The normalized spacial score (nSPS) is 11.9. The van der Waals surface area contributed by atoms with Crippen LogP contribution in [0.4, 0.5) is 0 Å². The van der Waals surface area contributed by atoms with E-state index >= 15 is 0 Å². The number of rotatable bonds is 5. The summed E-state index contributed by atoms with van der Waals surface area (Å²) in [7, 11) is 0. The number of nitrogens with one attached hydrogen (secondary N) is 3. The minimum absolute atomic E-state index is 0.321. The van der Waals surface area contributed by atoms with E-state index in [1.54, 1.807) is 12.3 Å². The van der Waals surface area contributed by atoms with Crippen molar-refractivity contribution in [3.8, 4) is 11.6 Å². The van der Waals surface area contributed by atoms with Crippen LogP contribution in [-0.2, 0) is 6.54 Å². The zero-order chi connectivity index (χ0) is 14.4. The number of aromatic nitrogens is 3. The van der Waals surface area contributed by atoms with Crippen molar-refractivity contribution in [2.45, 2.75) is 33.4 Å². The first-order chi connectivity index (χ1) is 9.69. The molecule has 2 rings (SSSR count). The summed E-state index contributed by atoms with van der Waals surface area (Å²) in [6, 6.07) is 3.95. The van der Waals surface area contributed by atoms with Crippen LogP contribution in [0, 0.1) is 0 Å². The van der Waals surface area contributed by atoms with Crippen LogP contribution in [0.25, 0.3) is 11.6 Å². The molecule has 0 fully saturated rings. The van der Waals surface area contributed by atoms with E-state index < -0.39 is 0 Å². The van der Waals surface area contributed by atoms with Crippen molar-refractivity contribution in [3.05, 3.63) is 24.2 Å². The van der Waals surface area contributed by atoms with Crippen molar-refractivity contribution in [1.82, 2.24) is 25.8 Å². The second kappa shape index (κ2) is 6.74. The molecule has 2 heterocycles. The van der Waals surface area contributed by atoms with Gasteiger partial charge < -0.3 is 15.1 Å². The van der Waals surface area contributed by atoms with Crippen molar-refractivity contribution in [3.63, 3.8) is 0 Å². The third-order valence-electron chi connectivity index (χ3n) is 2.43. The van der Waals surface area contributed by atoms with Gasteiger partial charge in [0.1, 0.15) is 12.4 Å². The van der Waals surface area contributed by atoms with Gasteiger partial charge in [-0.2, -0.15) is 0 Å². The largest absolute Gasteiger partial charge is 0.461 e. The topological polar surface area (TPSA) is 91.1 Å². The molecule has 7 nitrogen and oxygen atoms in total. The molecule has 0 saturated heterocycles. The van der Waals surface area contributed by atoms with Gasteiger partial charge in [0, 0.05) is 12.6 Å². The van der Waals surface area contributed by atoms with Gasteiger partial charge in [-0.3, -0.25) is 5.10 Å². The Morgan fingerprint density at radius 3 is 3.00 bits per heavy atom. The smallest absolute Gasteiger partial charge is 0.216 e. The Hall–Kier alpha value is -2.31. The summed E-state index contributed by atoms with van der Waals surface area (Å²) < 4.78 is 5.24. The van der Waals surface area contributed by atoms with Gasteiger partial charge in [-0.25, -0.2) is 9.98 Å². The second-order valence-electron chi connectivity index (χ2n) is 4.58. The highest BCUT2D eigenvalue weighted by Crippen LogP contribution is 2.14. The van der Waals surface area contributed by atoms with Crippen LogP contribution in [0.1, 0.15) is 26.6 Å². The number of guanidine groups is 1. The maximum atomic E-state index is 5.24. The molecule has 0 aliphatic carbocycles. The van der Waals surface area contributed by atoms with Crippen LogP contribution in [0.5, 0.6) is 0 Å². The fourth-order valence-corrected chi connectivity index (χ4v) is 1.63. The SMILES string of the molecule is CCNC(=NCc1nc(-c2ccco2)n[nH]1)NC(C)C. The van der Waals surface area contributed by atoms with Crippen molar-refractivity contribution in [2.24, 2.45) is 4.99 Å². The molecule has 0 aliphatic rings. The van der Waals surface area contributed by atoms with Gasteiger partial charge >= 0.3 is 0 Å². The zero-order valence-electron chi connectivity index (χ0n) is 12.0. The van der Waals surface area contributed by atoms with Crippen LogP contribution in [0.15, 0.2) is 27.8 Å². The predicted octanol–water partition coefficient (Wildman–Crippen LogP) is 1.53. The van der Waals surface area contributed by atoms with Gasteiger partial charge in [0.05, 0.1) is 6.26 Å². The van der Waals surface area contributed by atoms with Gasteiger partial charge in [-0.05, 0) is 32.9 Å². The number of furan rings is 1. The minimum atomic E-state index is 0.321. The Bertz CT molecular complexity index is 543. The van der Waals surface area contributed by atoms with Crippen molar-refractivity contribution in [1.29, 1.82) is 0 Å². The molecule has 20 heavy (non-hydrogen) atoms. The number of aromatic amines is 1. The Morgan fingerprint density at radius 2 is 2.35 bits per heavy atom. The summed E-state index contributed by atoms with van der Waals surface area (Å²) >= 11 is 0. The summed E-state index contributed by atoms with van der Waals surface area (Å²) in [6.45, 7) is 7.40. The van der Waals surface area contributed by atoms with Gasteiger partial charge in [0.15, 0.2) is 11.7 Å². The Kier molecular flexibility index (Phi) is 4.75. The minimum Gasteiger partial charge on any atom is -0.461 e. The molecule has 0 radical (unpaired) electrons. The van der Waals surface area contributed by atoms with Crippen LogP contribution in [0.2, 0.25) is 0 Å². The maximum absolute atomic E-state index is 5.24. The Morgan fingerprint density at radius 1 is 1.50 bits per heavy atom. The lowest BCUT2D eigenvalue weighted by Crippen LogP contribution is -2.41. The molecule has 0 amide bonds. The highest BCUT2D eigenvalue weighted by Gasteiger charge is 2.08. The molecule has 0 aliphatic heterocycles. The van der Waals surface area contributed by atoms with Crippen molar-refractivity contribution < 1.29 is 4.42 Å². The molecule has 2 aromatic rings. The van der Waals surface area contributed by atoms with E-state index in [1.807, 2.05) is 13.0 Å². The number of nitrogens with zero attached hydrogens (tertiary/aromatic N) is 3. The third kappa shape index (κ3) is 3.84. The van der Waals surface area contributed by atoms with Crippen molar-refractivity contribution >= 4 is 5.96 Å². The molecule has 0 spiro atoms. The van der Waals surface area contributed by atoms with E-state index in [0.29, 0.717) is 30.0 Å². The first-order valence-corrected chi connectivity index (χ1v) is 6.69. The zero-order valence-corrected chi connectivity index (χ0v) is 12.0. The molecule has 3 N–H and O–H groups in total. The van der Waals surface area contributed by atoms with Crippen molar-refractivity contribution in [2.75, 3.05) is 6.54 Å². The van der Waals surface area contributed by atoms with Crippen LogP contribution in [-0.4, -0.2) is 33.7 Å². The molecule has 0 bridgehead atoms. The first kappa shape index (κ1) is 14.1. The lowest BCUT2D eigenvalue weighted by atomic mass is 10.4. The van der Waals surface area contributed by atoms with Crippen LogP contribution in [0.3, 0.4) is 0 Å². The maximum Gasteiger partial charge on any atom is 0.216 e. The second-order valence-corrected chi connectivity index (χ2v) is 4.58. The predicted molar refractivity (Wildman–Crippen MR) is 77.2 cm³/mol. The summed E-state index contributed by atoms with van der Waals surface area (Å²) in [6.07, 6.45) is 1.60. The summed E-state index contributed by atoms with van der Waals surface area (Å²) in [5.74, 6) is 2.64. The summed E-state index contributed by atoms with van der Waals surface area (Å²) in [4.78, 5) is 8.79. The van der Waals surface area contributed by atoms with Gasteiger partial charge in [0.25, 0.3) is 0 Å². The molecule has 108 valence electrons. The quantitative estimate of drug-likeness (QED) is 0.569. The highest BCUT2D eigenvalue weighted by molar-refractivity contribution is 5.79. The lowest BCUT2D eigenvalue weighted by molar-refractivity contribution is 0.577. The number of H-pyrrole nitrogens is 1. The molecular weight excluding hydrogens is 256 g/mol. The van der Waals surface area contributed by atoms with Crippen LogP contribution < -0.4 is 10.6 Å². The lowest BCUT2D eigenvalue weighted by Gasteiger charge is -2.13. The molecule has 0 unspecified atom stereocenters. The fourth-order valence-electron chi connectivity index (χ4n) is 1.63. The molecule has 7 heteroatoms. The van der Waals surface area contributed by atoms with Gasteiger partial charge in [-0.15, -0.1) is 5.10 Å². The Balaban J connectivity index is 2.01. The van der Waals surface area contributed by atoms with E-state index in [-0.39, 0.29) is 0 Å². The number of hydrogen-bond donors (Lipinski definition) is 3. The average molecular weight is 276 g/mol.